The molecule has 2 aromatic carbocycles. The van der Waals surface area contributed by atoms with E-state index in [1.807, 2.05) is 24.3 Å². The number of nitrogens with zero attached hydrogens (tertiary/aromatic N) is 3. The van der Waals surface area contributed by atoms with E-state index >= 15 is 0 Å². The number of fused-ring (bicyclic) bond motifs is 1. The smallest absolute Gasteiger partial charge is 0.311 e. The van der Waals surface area contributed by atoms with Gasteiger partial charge in [-0.15, -0.1) is 0 Å². The summed E-state index contributed by atoms with van der Waals surface area (Å²) < 4.78 is 10.3. The number of methoxy groups -OCH3 is 2. The van der Waals surface area contributed by atoms with E-state index < -0.39 is 4.92 Å². The zero-order chi connectivity index (χ0) is 19.4. The van der Waals surface area contributed by atoms with Crippen molar-refractivity contribution in [1.29, 1.82) is 5.26 Å². The van der Waals surface area contributed by atoms with Gasteiger partial charge in [0, 0.05) is 17.7 Å². The Bertz CT molecular complexity index is 1050. The Morgan fingerprint density at radius 2 is 2.04 bits per heavy atom. The number of ether oxygens (including phenoxy) is 2. The number of allylic oxidation sites excluding steroid dienone is 1. The molecule has 3 aromatic rings. The SMILES string of the molecule is COc1cc(OC)c([N+](=O)[O-])cc1/C=C(/C#N)Sc1nc2ccccc2[nH]1. The molecule has 9 heteroatoms. The van der Waals surface area contributed by atoms with Gasteiger partial charge in [-0.05, 0) is 30.0 Å². The minimum absolute atomic E-state index is 0.0810. The van der Waals surface area contributed by atoms with Crippen LogP contribution < -0.4 is 9.47 Å². The maximum absolute atomic E-state index is 11.3. The molecule has 0 aliphatic heterocycles. The van der Waals surface area contributed by atoms with Gasteiger partial charge in [-0.1, -0.05) is 12.1 Å². The Labute approximate surface area is 158 Å². The molecular weight excluding hydrogens is 368 g/mol. The lowest BCUT2D eigenvalue weighted by Gasteiger charge is -2.08. The molecule has 8 nitrogen and oxygen atoms in total. The van der Waals surface area contributed by atoms with Crippen molar-refractivity contribution < 1.29 is 14.4 Å². The number of aromatic amines is 1. The molecule has 0 radical (unpaired) electrons. The average molecular weight is 382 g/mol. The topological polar surface area (TPSA) is 114 Å². The van der Waals surface area contributed by atoms with Crippen molar-refractivity contribution in [3.05, 3.63) is 57.0 Å². The van der Waals surface area contributed by atoms with E-state index in [2.05, 4.69) is 16.0 Å². The van der Waals surface area contributed by atoms with E-state index in [4.69, 9.17) is 9.47 Å². The second-order valence-corrected chi connectivity index (χ2v) is 6.34. The molecule has 0 amide bonds. The third-order valence-corrected chi connectivity index (χ3v) is 4.51. The molecule has 1 aromatic heterocycles. The number of nitro benzene ring substituents is 1. The first-order chi connectivity index (χ1) is 13.0. The van der Waals surface area contributed by atoms with Crippen molar-refractivity contribution in [2.45, 2.75) is 5.16 Å². The van der Waals surface area contributed by atoms with Crippen molar-refractivity contribution >= 4 is 34.6 Å². The monoisotopic (exact) mass is 382 g/mol. The Balaban J connectivity index is 2.00. The predicted molar refractivity (Wildman–Crippen MR) is 102 cm³/mol. The molecule has 0 spiro atoms. The lowest BCUT2D eigenvalue weighted by Crippen LogP contribution is -1.97. The number of imidazole rings is 1. The van der Waals surface area contributed by atoms with Crippen LogP contribution >= 0.6 is 11.8 Å². The van der Waals surface area contributed by atoms with Crippen molar-refractivity contribution in [3.63, 3.8) is 0 Å². The van der Waals surface area contributed by atoms with Gasteiger partial charge in [-0.3, -0.25) is 10.1 Å². The van der Waals surface area contributed by atoms with Gasteiger partial charge in [-0.2, -0.15) is 5.26 Å². The van der Waals surface area contributed by atoms with Crippen LogP contribution in [0.5, 0.6) is 11.5 Å². The maximum atomic E-state index is 11.3. The molecule has 0 aliphatic rings. The molecule has 1 heterocycles. The molecule has 0 bridgehead atoms. The van der Waals surface area contributed by atoms with Gasteiger partial charge in [0.1, 0.15) is 11.8 Å². The molecule has 0 saturated heterocycles. The lowest BCUT2D eigenvalue weighted by molar-refractivity contribution is -0.385. The maximum Gasteiger partial charge on any atom is 0.311 e. The largest absolute Gasteiger partial charge is 0.496 e. The van der Waals surface area contributed by atoms with Gasteiger partial charge in [0.2, 0.25) is 5.75 Å². The fourth-order valence-electron chi connectivity index (χ4n) is 2.47. The second-order valence-electron chi connectivity index (χ2n) is 5.30. The number of H-pyrrole nitrogens is 1. The summed E-state index contributed by atoms with van der Waals surface area (Å²) in [7, 11) is 2.78. The number of aromatic nitrogens is 2. The average Bonchev–Trinajstić information content (AvgIpc) is 3.09. The first-order valence-corrected chi connectivity index (χ1v) is 8.52. The third-order valence-electron chi connectivity index (χ3n) is 3.70. The zero-order valence-corrected chi connectivity index (χ0v) is 15.2. The first kappa shape index (κ1) is 18.3. The highest BCUT2D eigenvalue weighted by Crippen LogP contribution is 2.37. The summed E-state index contributed by atoms with van der Waals surface area (Å²) in [6.45, 7) is 0. The van der Waals surface area contributed by atoms with Crippen molar-refractivity contribution in [1.82, 2.24) is 9.97 Å². The van der Waals surface area contributed by atoms with Crippen LogP contribution in [0, 0.1) is 21.4 Å². The van der Waals surface area contributed by atoms with E-state index in [9.17, 15) is 15.4 Å². The Kier molecular flexibility index (Phi) is 5.28. The van der Waals surface area contributed by atoms with Gasteiger partial charge in [0.05, 0.1) is 35.1 Å². The van der Waals surface area contributed by atoms with Crippen LogP contribution in [0.2, 0.25) is 0 Å². The molecule has 0 saturated carbocycles. The predicted octanol–water partition coefficient (Wildman–Crippen LogP) is 4.15. The summed E-state index contributed by atoms with van der Waals surface area (Å²) in [5, 5.41) is 21.3. The molecule has 3 rings (SSSR count). The summed E-state index contributed by atoms with van der Waals surface area (Å²) in [4.78, 5) is 18.5. The standard InChI is InChI=1S/C18H14N4O4S/c1-25-16-9-17(26-2)15(22(23)24)8-11(16)7-12(10-19)27-18-20-13-5-3-4-6-14(13)21-18/h3-9H,1-2H3,(H,20,21)/b12-7-. The van der Waals surface area contributed by atoms with E-state index in [0.717, 1.165) is 22.8 Å². The fraction of sp³-hybridized carbons (Fsp3) is 0.111. The number of nitrogens with one attached hydrogen (secondary N) is 1. The Morgan fingerprint density at radius 1 is 1.30 bits per heavy atom. The zero-order valence-electron chi connectivity index (χ0n) is 14.4. The fourth-order valence-corrected chi connectivity index (χ4v) is 3.21. The van der Waals surface area contributed by atoms with Crippen LogP contribution in [0.15, 0.2) is 46.5 Å². The van der Waals surface area contributed by atoms with Crippen LogP contribution in [0.25, 0.3) is 17.1 Å². The minimum atomic E-state index is -0.548. The summed E-state index contributed by atoms with van der Waals surface area (Å²) in [5.41, 5.74) is 1.82. The Hall–Kier alpha value is -3.51. The van der Waals surface area contributed by atoms with E-state index in [1.54, 1.807) is 0 Å². The van der Waals surface area contributed by atoms with Gasteiger partial charge in [-0.25, -0.2) is 4.98 Å². The number of nitro groups is 1. The third kappa shape index (κ3) is 3.86. The molecule has 0 aliphatic carbocycles. The summed E-state index contributed by atoms with van der Waals surface area (Å²) >= 11 is 1.13. The highest BCUT2D eigenvalue weighted by atomic mass is 32.2. The van der Waals surface area contributed by atoms with E-state index in [1.165, 1.54) is 32.4 Å². The number of thioether (sulfide) groups is 1. The quantitative estimate of drug-likeness (QED) is 0.295. The van der Waals surface area contributed by atoms with E-state index in [0.29, 0.717) is 21.4 Å². The second kappa shape index (κ2) is 7.80. The van der Waals surface area contributed by atoms with Crippen LogP contribution in [0.1, 0.15) is 5.56 Å². The molecule has 0 atom stereocenters. The van der Waals surface area contributed by atoms with Crippen LogP contribution in [-0.4, -0.2) is 29.1 Å². The van der Waals surface area contributed by atoms with Gasteiger partial charge in [0.25, 0.3) is 0 Å². The highest BCUT2D eigenvalue weighted by molar-refractivity contribution is 8.03. The molecular formula is C18H14N4O4S. The van der Waals surface area contributed by atoms with Crippen molar-refractivity contribution in [3.8, 4) is 17.6 Å². The lowest BCUT2D eigenvalue weighted by atomic mass is 10.1. The molecule has 1 N–H and O–H groups in total. The molecule has 0 fully saturated rings. The van der Waals surface area contributed by atoms with Gasteiger partial charge >= 0.3 is 5.69 Å². The first-order valence-electron chi connectivity index (χ1n) is 7.70. The van der Waals surface area contributed by atoms with Crippen LogP contribution in [0.3, 0.4) is 0 Å². The molecule has 27 heavy (non-hydrogen) atoms. The van der Waals surface area contributed by atoms with Crippen LogP contribution in [-0.2, 0) is 0 Å². The highest BCUT2D eigenvalue weighted by Gasteiger charge is 2.19. The normalized spacial score (nSPS) is 11.2. The summed E-state index contributed by atoms with van der Waals surface area (Å²) in [5.74, 6) is 0.438. The summed E-state index contributed by atoms with van der Waals surface area (Å²) in [6.07, 6.45) is 1.52. The van der Waals surface area contributed by atoms with Crippen molar-refractivity contribution in [2.75, 3.05) is 14.2 Å². The number of rotatable bonds is 6. The van der Waals surface area contributed by atoms with Gasteiger partial charge in [0.15, 0.2) is 5.16 Å². The summed E-state index contributed by atoms with van der Waals surface area (Å²) in [6, 6.07) is 12.3. The Morgan fingerprint density at radius 3 is 2.67 bits per heavy atom. The van der Waals surface area contributed by atoms with Crippen LogP contribution in [0.4, 0.5) is 5.69 Å². The van der Waals surface area contributed by atoms with E-state index in [-0.39, 0.29) is 11.4 Å². The molecule has 0 unspecified atom stereocenters. The number of hydrogen-bond acceptors (Lipinski definition) is 7. The number of hydrogen-bond donors (Lipinski definition) is 1. The van der Waals surface area contributed by atoms with Crippen molar-refractivity contribution in [2.24, 2.45) is 0 Å². The number of para-hydroxylation sites is 2. The molecule has 136 valence electrons. The number of nitriles is 1. The number of benzene rings is 2. The van der Waals surface area contributed by atoms with Gasteiger partial charge < -0.3 is 14.5 Å². The minimum Gasteiger partial charge on any atom is -0.496 e.